The van der Waals surface area contributed by atoms with Crippen molar-refractivity contribution in [2.75, 3.05) is 25.0 Å². The van der Waals surface area contributed by atoms with Gasteiger partial charge >= 0.3 is 0 Å². The maximum atomic E-state index is 5.79. The first-order chi connectivity index (χ1) is 13.0. The van der Waals surface area contributed by atoms with E-state index in [0.29, 0.717) is 12.4 Å². The summed E-state index contributed by atoms with van der Waals surface area (Å²) < 4.78 is 5.79. The fourth-order valence-corrected chi connectivity index (χ4v) is 2.36. The van der Waals surface area contributed by atoms with Gasteiger partial charge in [0.2, 0.25) is 5.89 Å². The zero-order valence-electron chi connectivity index (χ0n) is 16.9. The second-order valence-electron chi connectivity index (χ2n) is 7.34. The third-order valence-corrected chi connectivity index (χ3v) is 3.88. The van der Waals surface area contributed by atoms with Gasteiger partial charge in [0.1, 0.15) is 18.1 Å². The van der Waals surface area contributed by atoms with Crippen molar-refractivity contribution in [3.05, 3.63) is 42.2 Å². The Kier molecular flexibility index (Phi) is 8.10. The molecule has 3 N–H and O–H groups in total. The van der Waals surface area contributed by atoms with Gasteiger partial charge in [-0.15, -0.1) is 0 Å². The molecule has 0 unspecified atom stereocenters. The number of nitrogens with one attached hydrogen (secondary N) is 3. The molecule has 2 aromatic rings. The van der Waals surface area contributed by atoms with Crippen LogP contribution in [0.5, 0.6) is 0 Å². The van der Waals surface area contributed by atoms with E-state index in [1.54, 1.807) is 12.4 Å². The lowest BCUT2D eigenvalue weighted by atomic mass is 9.94. The van der Waals surface area contributed by atoms with Crippen LogP contribution >= 0.6 is 0 Å². The number of rotatable bonds is 9. The van der Waals surface area contributed by atoms with Crippen molar-refractivity contribution in [2.24, 2.45) is 4.99 Å². The number of oxazole rings is 1. The largest absolute Gasteiger partial charge is 0.443 e. The highest BCUT2D eigenvalue weighted by Crippen LogP contribution is 2.22. The molecule has 2 rings (SSSR count). The van der Waals surface area contributed by atoms with Crippen molar-refractivity contribution in [2.45, 2.75) is 52.5 Å². The zero-order valence-corrected chi connectivity index (χ0v) is 16.9. The molecule has 2 heterocycles. The second kappa shape index (κ2) is 10.5. The van der Waals surface area contributed by atoms with Gasteiger partial charge < -0.3 is 20.4 Å². The molecular weight excluding hydrogens is 340 g/mol. The third-order valence-electron chi connectivity index (χ3n) is 3.88. The molecule has 148 valence electrons. The minimum Gasteiger partial charge on any atom is -0.443 e. The first kappa shape index (κ1) is 20.7. The van der Waals surface area contributed by atoms with Crippen molar-refractivity contribution in [3.63, 3.8) is 0 Å². The number of aromatic nitrogens is 2. The predicted octanol–water partition coefficient (Wildman–Crippen LogP) is 3.31. The average molecular weight is 373 g/mol. The molecular formula is C20H32N6O. The Morgan fingerprint density at radius 1 is 1.11 bits per heavy atom. The van der Waals surface area contributed by atoms with Crippen LogP contribution in [0.15, 0.2) is 40.0 Å². The molecule has 0 aliphatic rings. The number of unbranched alkanes of at least 4 members (excludes halogenated alkanes) is 1. The van der Waals surface area contributed by atoms with Crippen molar-refractivity contribution in [1.82, 2.24) is 20.6 Å². The summed E-state index contributed by atoms with van der Waals surface area (Å²) in [6.07, 6.45) is 5.68. The normalized spacial score (nSPS) is 12.1. The zero-order chi connectivity index (χ0) is 19.5. The van der Waals surface area contributed by atoms with E-state index in [-0.39, 0.29) is 5.41 Å². The van der Waals surface area contributed by atoms with Gasteiger partial charge in [0.15, 0.2) is 5.96 Å². The number of guanidine groups is 1. The molecule has 0 aromatic carbocycles. The van der Waals surface area contributed by atoms with Crippen molar-refractivity contribution in [1.29, 1.82) is 0 Å². The molecule has 0 aliphatic carbocycles. The summed E-state index contributed by atoms with van der Waals surface area (Å²) in [5, 5.41) is 9.92. The van der Waals surface area contributed by atoms with E-state index >= 15 is 0 Å². The van der Waals surface area contributed by atoms with Gasteiger partial charge in [-0.2, -0.15) is 0 Å². The molecule has 0 spiro atoms. The van der Waals surface area contributed by atoms with Gasteiger partial charge in [0.25, 0.3) is 0 Å². The van der Waals surface area contributed by atoms with Crippen LogP contribution in [0.4, 0.5) is 5.82 Å². The van der Waals surface area contributed by atoms with Gasteiger partial charge in [0, 0.05) is 31.2 Å². The van der Waals surface area contributed by atoms with Gasteiger partial charge in [-0.25, -0.2) is 15.0 Å². The van der Waals surface area contributed by atoms with E-state index in [1.807, 2.05) is 18.2 Å². The van der Waals surface area contributed by atoms with E-state index in [1.165, 1.54) is 0 Å². The first-order valence-electron chi connectivity index (χ1n) is 9.61. The predicted molar refractivity (Wildman–Crippen MR) is 110 cm³/mol. The lowest BCUT2D eigenvalue weighted by Gasteiger charge is -2.13. The Hall–Kier alpha value is -2.57. The molecule has 0 bridgehead atoms. The number of nitrogens with zero attached hydrogens (tertiary/aromatic N) is 3. The molecule has 0 aliphatic heterocycles. The van der Waals surface area contributed by atoms with Gasteiger partial charge in [-0.05, 0) is 31.9 Å². The summed E-state index contributed by atoms with van der Waals surface area (Å²) in [6.45, 7) is 11.4. The van der Waals surface area contributed by atoms with Crippen LogP contribution in [0, 0.1) is 0 Å². The highest BCUT2D eigenvalue weighted by atomic mass is 16.4. The lowest BCUT2D eigenvalue weighted by molar-refractivity contribution is 0.383. The number of hydrogen-bond acceptors (Lipinski definition) is 5. The van der Waals surface area contributed by atoms with Crippen LogP contribution in [0.3, 0.4) is 0 Å². The molecule has 0 saturated heterocycles. The Labute approximate surface area is 162 Å². The summed E-state index contributed by atoms with van der Waals surface area (Å²) in [7, 11) is 0. The molecule has 0 radical (unpaired) electrons. The van der Waals surface area contributed by atoms with E-state index in [0.717, 1.165) is 50.0 Å². The number of hydrogen-bond donors (Lipinski definition) is 3. The lowest BCUT2D eigenvalue weighted by Crippen LogP contribution is -2.37. The first-order valence-corrected chi connectivity index (χ1v) is 9.61. The quantitative estimate of drug-likeness (QED) is 0.356. The fraction of sp³-hybridized carbons (Fsp3) is 0.550. The van der Waals surface area contributed by atoms with E-state index in [9.17, 15) is 0 Å². The minimum atomic E-state index is -0.0407. The summed E-state index contributed by atoms with van der Waals surface area (Å²) >= 11 is 0. The highest BCUT2D eigenvalue weighted by Gasteiger charge is 2.18. The topological polar surface area (TPSA) is 87.4 Å². The standard InChI is InChI=1S/C20H32N6O/c1-5-21-19(26-15-18-25-14-16(27-18)20(2,3)4)24-13-9-8-12-23-17-10-6-7-11-22-17/h6-7,10-11,14H,5,8-9,12-13,15H2,1-4H3,(H,22,23)(H2,21,24,26). The molecule has 2 aromatic heterocycles. The number of pyridine rings is 1. The van der Waals surface area contributed by atoms with Crippen LogP contribution in [0.25, 0.3) is 0 Å². The summed E-state index contributed by atoms with van der Waals surface area (Å²) in [4.78, 5) is 13.1. The van der Waals surface area contributed by atoms with Gasteiger partial charge in [-0.1, -0.05) is 26.8 Å². The van der Waals surface area contributed by atoms with E-state index in [4.69, 9.17) is 4.42 Å². The Balaban J connectivity index is 1.71. The van der Waals surface area contributed by atoms with Crippen LogP contribution in [0.1, 0.15) is 52.2 Å². The van der Waals surface area contributed by atoms with Crippen LogP contribution < -0.4 is 16.0 Å². The second-order valence-corrected chi connectivity index (χ2v) is 7.34. The smallest absolute Gasteiger partial charge is 0.216 e. The minimum absolute atomic E-state index is 0.0407. The Bertz CT molecular complexity index is 690. The van der Waals surface area contributed by atoms with Crippen LogP contribution in [0.2, 0.25) is 0 Å². The van der Waals surface area contributed by atoms with E-state index < -0.39 is 0 Å². The molecule has 0 amide bonds. The summed E-state index contributed by atoms with van der Waals surface area (Å²) in [5.74, 6) is 3.22. The van der Waals surface area contributed by atoms with E-state index in [2.05, 4.69) is 58.6 Å². The monoisotopic (exact) mass is 372 g/mol. The van der Waals surface area contributed by atoms with Crippen LogP contribution in [-0.4, -0.2) is 35.6 Å². The molecule has 0 saturated carbocycles. The van der Waals surface area contributed by atoms with Crippen molar-refractivity contribution >= 4 is 11.8 Å². The molecule has 27 heavy (non-hydrogen) atoms. The molecule has 0 fully saturated rings. The highest BCUT2D eigenvalue weighted by molar-refractivity contribution is 5.79. The average Bonchev–Trinajstić information content (AvgIpc) is 3.13. The fourth-order valence-electron chi connectivity index (χ4n) is 2.36. The summed E-state index contributed by atoms with van der Waals surface area (Å²) in [6, 6.07) is 5.87. The number of aliphatic imine (C=N–C) groups is 1. The van der Waals surface area contributed by atoms with Crippen molar-refractivity contribution < 1.29 is 4.42 Å². The summed E-state index contributed by atoms with van der Waals surface area (Å²) in [5.41, 5.74) is -0.0407. The maximum Gasteiger partial charge on any atom is 0.216 e. The molecule has 7 nitrogen and oxygen atoms in total. The molecule has 7 heteroatoms. The van der Waals surface area contributed by atoms with Crippen LogP contribution in [-0.2, 0) is 12.0 Å². The third kappa shape index (κ3) is 7.68. The maximum absolute atomic E-state index is 5.79. The SMILES string of the molecule is CCNC(=NCc1ncc(C(C)(C)C)o1)NCCCCNc1ccccn1. The molecule has 0 atom stereocenters. The van der Waals surface area contributed by atoms with Gasteiger partial charge in [-0.3, -0.25) is 0 Å². The Morgan fingerprint density at radius 2 is 1.93 bits per heavy atom. The number of anilines is 1. The van der Waals surface area contributed by atoms with Crippen molar-refractivity contribution in [3.8, 4) is 0 Å². The Morgan fingerprint density at radius 3 is 2.59 bits per heavy atom. The van der Waals surface area contributed by atoms with Gasteiger partial charge in [0.05, 0.1) is 6.20 Å².